The molecule has 0 atom stereocenters. The highest BCUT2D eigenvalue weighted by atomic mass is 35.5. The molecule has 1 aliphatic heterocycles. The van der Waals surface area contributed by atoms with E-state index >= 15 is 0 Å². The van der Waals surface area contributed by atoms with E-state index in [1.165, 1.54) is 40.7 Å². The molecule has 2 aromatic carbocycles. The minimum atomic E-state index is -3.50. The Morgan fingerprint density at radius 3 is 2.47 bits per heavy atom. The second kappa shape index (κ2) is 9.88. The van der Waals surface area contributed by atoms with Crippen LogP contribution in [0.4, 0.5) is 5.69 Å². The Morgan fingerprint density at radius 1 is 1.10 bits per heavy atom. The lowest BCUT2D eigenvalue weighted by atomic mass is 10.2. The number of amides is 1. The van der Waals surface area contributed by atoms with Gasteiger partial charge in [0.15, 0.2) is 6.61 Å². The predicted molar refractivity (Wildman–Crippen MR) is 115 cm³/mol. The monoisotopic (exact) mass is 448 g/mol. The molecule has 3 rings (SSSR count). The number of rotatable bonds is 7. The Labute approximate surface area is 180 Å². The highest BCUT2D eigenvalue weighted by Gasteiger charge is 2.26. The number of halogens is 1. The van der Waals surface area contributed by atoms with Crippen molar-refractivity contribution >= 4 is 45.3 Å². The number of esters is 1. The van der Waals surface area contributed by atoms with E-state index in [1.807, 2.05) is 0 Å². The molecule has 0 saturated carbocycles. The topological polar surface area (TPSA) is 92.8 Å². The number of nitrogens with zero attached hydrogens (tertiary/aromatic N) is 1. The maximum atomic E-state index is 12.5. The summed E-state index contributed by atoms with van der Waals surface area (Å²) in [6.45, 7) is 0.586. The van der Waals surface area contributed by atoms with E-state index < -0.39 is 28.5 Å². The smallest absolute Gasteiger partial charge is 0.331 e. The number of ether oxygens (including phenoxy) is 1. The number of anilines is 1. The lowest BCUT2D eigenvalue weighted by Gasteiger charge is -2.15. The third kappa shape index (κ3) is 5.91. The first kappa shape index (κ1) is 22.0. The maximum Gasteiger partial charge on any atom is 0.331 e. The van der Waals surface area contributed by atoms with Crippen LogP contribution in [0.5, 0.6) is 0 Å². The first-order valence-electron chi connectivity index (χ1n) is 9.35. The van der Waals surface area contributed by atoms with Crippen molar-refractivity contribution in [3.8, 4) is 0 Å². The van der Waals surface area contributed by atoms with Crippen molar-refractivity contribution in [2.75, 3.05) is 25.0 Å². The van der Waals surface area contributed by atoms with Gasteiger partial charge in [-0.1, -0.05) is 23.7 Å². The largest absolute Gasteiger partial charge is 0.452 e. The van der Waals surface area contributed by atoms with Gasteiger partial charge in [0.2, 0.25) is 10.0 Å². The van der Waals surface area contributed by atoms with Crippen LogP contribution in [0.15, 0.2) is 59.5 Å². The van der Waals surface area contributed by atoms with Crippen LogP contribution >= 0.6 is 11.6 Å². The summed E-state index contributed by atoms with van der Waals surface area (Å²) in [5.74, 6) is -1.20. The molecule has 1 saturated heterocycles. The van der Waals surface area contributed by atoms with Crippen LogP contribution in [0.3, 0.4) is 0 Å². The lowest BCUT2D eigenvalue weighted by Crippen LogP contribution is -2.27. The van der Waals surface area contributed by atoms with E-state index in [4.69, 9.17) is 16.3 Å². The highest BCUT2D eigenvalue weighted by Crippen LogP contribution is 2.22. The van der Waals surface area contributed by atoms with E-state index in [0.717, 1.165) is 18.4 Å². The van der Waals surface area contributed by atoms with Crippen LogP contribution in [-0.4, -0.2) is 44.3 Å². The summed E-state index contributed by atoms with van der Waals surface area (Å²) in [6, 6.07) is 12.8. The van der Waals surface area contributed by atoms with Gasteiger partial charge in [0, 0.05) is 29.9 Å². The number of carbonyl (C=O) groups excluding carboxylic acids is 2. The summed E-state index contributed by atoms with van der Waals surface area (Å²) in [5.41, 5.74) is 1.14. The van der Waals surface area contributed by atoms with Crippen molar-refractivity contribution in [1.29, 1.82) is 0 Å². The van der Waals surface area contributed by atoms with Gasteiger partial charge in [-0.2, -0.15) is 4.31 Å². The van der Waals surface area contributed by atoms with Crippen LogP contribution < -0.4 is 5.32 Å². The molecule has 158 valence electrons. The van der Waals surface area contributed by atoms with Gasteiger partial charge in [-0.3, -0.25) is 4.79 Å². The van der Waals surface area contributed by atoms with Gasteiger partial charge in [-0.25, -0.2) is 13.2 Å². The van der Waals surface area contributed by atoms with Crippen molar-refractivity contribution in [1.82, 2.24) is 4.31 Å². The molecule has 1 aliphatic rings. The van der Waals surface area contributed by atoms with Gasteiger partial charge in [-0.05, 0) is 60.9 Å². The Bertz CT molecular complexity index is 1050. The van der Waals surface area contributed by atoms with Crippen LogP contribution in [0.25, 0.3) is 6.08 Å². The molecule has 0 aliphatic carbocycles. The van der Waals surface area contributed by atoms with Gasteiger partial charge >= 0.3 is 5.97 Å². The third-order valence-electron chi connectivity index (χ3n) is 4.45. The van der Waals surface area contributed by atoms with Crippen molar-refractivity contribution in [3.05, 3.63) is 65.2 Å². The standard InChI is InChI=1S/C21H21ClN2O5S/c22-17-5-3-4-16(14-17)6-11-21(26)29-15-20(25)23-18-7-9-19(10-8-18)30(27,28)24-12-1-2-13-24/h3-11,14H,1-2,12-13,15H2,(H,23,25). The number of hydrogen-bond acceptors (Lipinski definition) is 5. The lowest BCUT2D eigenvalue weighted by molar-refractivity contribution is -0.142. The summed E-state index contributed by atoms with van der Waals surface area (Å²) in [5, 5.41) is 3.11. The predicted octanol–water partition coefficient (Wildman–Crippen LogP) is 3.32. The van der Waals surface area contributed by atoms with Crippen LogP contribution in [0, 0.1) is 0 Å². The normalized spacial score (nSPS) is 14.7. The molecule has 1 amide bonds. The molecular weight excluding hydrogens is 428 g/mol. The molecule has 0 spiro atoms. The van der Waals surface area contributed by atoms with Gasteiger partial charge in [0.05, 0.1) is 4.90 Å². The molecule has 9 heteroatoms. The van der Waals surface area contributed by atoms with Crippen LogP contribution in [-0.2, 0) is 24.3 Å². The van der Waals surface area contributed by atoms with Crippen LogP contribution in [0.1, 0.15) is 18.4 Å². The average molecular weight is 449 g/mol. The third-order valence-corrected chi connectivity index (χ3v) is 6.59. The number of hydrogen-bond donors (Lipinski definition) is 1. The van der Waals surface area contributed by atoms with E-state index in [-0.39, 0.29) is 4.90 Å². The van der Waals surface area contributed by atoms with Gasteiger partial charge in [-0.15, -0.1) is 0 Å². The summed E-state index contributed by atoms with van der Waals surface area (Å²) >= 11 is 5.87. The van der Waals surface area contributed by atoms with E-state index in [2.05, 4.69) is 5.32 Å². The van der Waals surface area contributed by atoms with Crippen molar-refractivity contribution < 1.29 is 22.7 Å². The molecule has 0 radical (unpaired) electrons. The van der Waals surface area contributed by atoms with Crippen LogP contribution in [0.2, 0.25) is 5.02 Å². The summed E-state index contributed by atoms with van der Waals surface area (Å²) in [7, 11) is -3.50. The summed E-state index contributed by atoms with van der Waals surface area (Å²) < 4.78 is 31.3. The Hall–Kier alpha value is -2.68. The van der Waals surface area contributed by atoms with Gasteiger partial charge < -0.3 is 10.1 Å². The van der Waals surface area contributed by atoms with Crippen molar-refractivity contribution in [3.63, 3.8) is 0 Å². The fourth-order valence-corrected chi connectivity index (χ4v) is 4.66. The highest BCUT2D eigenvalue weighted by molar-refractivity contribution is 7.89. The molecule has 30 heavy (non-hydrogen) atoms. The molecule has 2 aromatic rings. The molecule has 1 fully saturated rings. The molecular formula is C21H21ClN2O5S. The molecule has 1 N–H and O–H groups in total. The second-order valence-electron chi connectivity index (χ2n) is 6.68. The van der Waals surface area contributed by atoms with Crippen molar-refractivity contribution in [2.45, 2.75) is 17.7 Å². The molecule has 7 nitrogen and oxygen atoms in total. The Balaban J connectivity index is 1.49. The average Bonchev–Trinajstić information content (AvgIpc) is 3.27. The minimum absolute atomic E-state index is 0.181. The zero-order valence-corrected chi connectivity index (χ0v) is 17.7. The fourth-order valence-electron chi connectivity index (χ4n) is 2.94. The Morgan fingerprint density at radius 2 is 1.80 bits per heavy atom. The quantitative estimate of drug-likeness (QED) is 0.518. The fraction of sp³-hybridized carbons (Fsp3) is 0.238. The van der Waals surface area contributed by atoms with E-state index in [0.29, 0.717) is 23.8 Å². The van der Waals surface area contributed by atoms with Gasteiger partial charge in [0.25, 0.3) is 5.91 Å². The Kier molecular flexibility index (Phi) is 7.25. The maximum absolute atomic E-state index is 12.5. The zero-order chi connectivity index (χ0) is 21.6. The number of sulfonamides is 1. The van der Waals surface area contributed by atoms with Crippen molar-refractivity contribution in [2.24, 2.45) is 0 Å². The SMILES string of the molecule is O=C(COC(=O)C=Cc1cccc(Cl)c1)Nc1ccc(S(=O)(=O)N2CCCC2)cc1. The first-order valence-corrected chi connectivity index (χ1v) is 11.2. The zero-order valence-electron chi connectivity index (χ0n) is 16.1. The molecule has 1 heterocycles. The number of carbonyl (C=O) groups is 2. The minimum Gasteiger partial charge on any atom is -0.452 e. The van der Waals surface area contributed by atoms with E-state index in [9.17, 15) is 18.0 Å². The molecule has 0 unspecified atom stereocenters. The van der Waals surface area contributed by atoms with Gasteiger partial charge in [0.1, 0.15) is 0 Å². The second-order valence-corrected chi connectivity index (χ2v) is 9.05. The first-order chi connectivity index (χ1) is 14.3. The molecule has 0 aromatic heterocycles. The van der Waals surface area contributed by atoms with E-state index in [1.54, 1.807) is 24.3 Å². The number of benzene rings is 2. The molecule has 0 bridgehead atoms. The summed E-state index contributed by atoms with van der Waals surface area (Å²) in [4.78, 5) is 23.9. The summed E-state index contributed by atoms with van der Waals surface area (Å²) in [6.07, 6.45) is 4.46. The number of nitrogens with one attached hydrogen (secondary N) is 1.